The van der Waals surface area contributed by atoms with Crippen LogP contribution in [0.1, 0.15) is 70.4 Å². The van der Waals surface area contributed by atoms with Crippen LogP contribution >= 0.6 is 0 Å². The van der Waals surface area contributed by atoms with Crippen molar-refractivity contribution in [3.05, 3.63) is 35.4 Å². The van der Waals surface area contributed by atoms with Crippen molar-refractivity contribution >= 4 is 13.6 Å². The molecular weight excluding hydrogens is 372 g/mol. The van der Waals surface area contributed by atoms with E-state index in [0.29, 0.717) is 0 Å². The van der Waals surface area contributed by atoms with Gasteiger partial charge in [-0.3, -0.25) is 0 Å². The molecule has 170 valence electrons. The molecule has 0 radical (unpaired) electrons. The quantitative estimate of drug-likeness (QED) is 0.720. The first-order chi connectivity index (χ1) is 14.4. The Morgan fingerprint density at radius 1 is 0.967 bits per heavy atom. The number of carbonyl (C=O) groups excluding carboxylic acids is 2. The van der Waals surface area contributed by atoms with Crippen LogP contribution in [0.5, 0.6) is 0 Å². The monoisotopic (exact) mass is 416 g/mol. The second kappa shape index (κ2) is 17.9. The van der Waals surface area contributed by atoms with Gasteiger partial charge in [0.2, 0.25) is 0 Å². The van der Waals surface area contributed by atoms with Gasteiger partial charge in [0.15, 0.2) is 0 Å². The fraction of sp³-hybridized carbons (Fsp3) is 0.615. The highest BCUT2D eigenvalue weighted by molar-refractivity contribution is 5.26. The number of benzene rings is 1. The summed E-state index contributed by atoms with van der Waals surface area (Å²) in [6.07, 6.45) is 16.5. The maximum absolute atomic E-state index is 8.00. The number of aryl methyl sites for hydroxylation is 1. The van der Waals surface area contributed by atoms with E-state index >= 15 is 0 Å². The van der Waals surface area contributed by atoms with E-state index in [4.69, 9.17) is 9.59 Å². The third-order valence-electron chi connectivity index (χ3n) is 5.59. The molecule has 4 heteroatoms. The first-order valence-electron chi connectivity index (χ1n) is 10.8. The number of carbonyl (C=O) groups is 2. The number of nitrogens with one attached hydrogen (secondary N) is 1. The summed E-state index contributed by atoms with van der Waals surface area (Å²) in [4.78, 5) is 18.5. The van der Waals surface area contributed by atoms with Gasteiger partial charge in [-0.05, 0) is 57.2 Å². The Bertz CT molecular complexity index is 540. The first kappa shape index (κ1) is 30.2. The fourth-order valence-corrected chi connectivity index (χ4v) is 3.72. The molecule has 0 aromatic heterocycles. The van der Waals surface area contributed by atoms with E-state index in [1.54, 1.807) is 0 Å². The van der Waals surface area contributed by atoms with Crippen molar-refractivity contribution < 1.29 is 9.59 Å². The molecule has 1 atom stereocenters. The Hall–Kier alpha value is -1.96. The number of rotatable bonds is 3. The Labute approximate surface area is 185 Å². The molecule has 1 aliphatic heterocycles. The first-order valence-corrected chi connectivity index (χ1v) is 10.8. The number of likely N-dealkylation sites (N-methyl/N-ethyl adjacent to an activating group) is 1. The molecule has 1 aromatic rings. The molecule has 2 aliphatic rings. The lowest BCUT2D eigenvalue weighted by atomic mass is 9.87. The zero-order valence-corrected chi connectivity index (χ0v) is 20.0. The second-order valence-electron chi connectivity index (χ2n) is 8.78. The van der Waals surface area contributed by atoms with Gasteiger partial charge in [-0.15, -0.1) is 12.8 Å². The van der Waals surface area contributed by atoms with E-state index < -0.39 is 0 Å². The van der Waals surface area contributed by atoms with Crippen LogP contribution in [0.2, 0.25) is 0 Å². The van der Waals surface area contributed by atoms with Gasteiger partial charge in [0.1, 0.15) is 13.6 Å². The van der Waals surface area contributed by atoms with Gasteiger partial charge < -0.3 is 19.8 Å². The molecule has 1 heterocycles. The summed E-state index contributed by atoms with van der Waals surface area (Å²) in [5.41, 5.74) is 3.02. The smallest absolute Gasteiger partial charge is 0.106 e. The van der Waals surface area contributed by atoms with Crippen molar-refractivity contribution in [1.29, 1.82) is 0 Å². The van der Waals surface area contributed by atoms with Crippen LogP contribution in [0.15, 0.2) is 24.3 Å². The molecule has 1 aliphatic carbocycles. The summed E-state index contributed by atoms with van der Waals surface area (Å²) in [6.45, 7) is 15.3. The van der Waals surface area contributed by atoms with Gasteiger partial charge in [-0.25, -0.2) is 0 Å². The van der Waals surface area contributed by atoms with E-state index in [9.17, 15) is 0 Å². The van der Waals surface area contributed by atoms with Crippen molar-refractivity contribution in [2.75, 3.05) is 20.1 Å². The largest absolute Gasteiger partial charge is 0.312 e. The van der Waals surface area contributed by atoms with Gasteiger partial charge in [0.05, 0.1) is 0 Å². The number of hydrogen-bond acceptors (Lipinski definition) is 4. The summed E-state index contributed by atoms with van der Waals surface area (Å²) >= 11 is 0. The van der Waals surface area contributed by atoms with Gasteiger partial charge >= 0.3 is 0 Å². The Balaban J connectivity index is 0. The minimum atomic E-state index is 0.285. The van der Waals surface area contributed by atoms with Crippen LogP contribution in [0, 0.1) is 19.8 Å². The van der Waals surface area contributed by atoms with Crippen molar-refractivity contribution in [1.82, 2.24) is 10.2 Å². The van der Waals surface area contributed by atoms with Gasteiger partial charge in [-0.2, -0.15) is 0 Å². The number of likely N-dealkylation sites (tertiary alicyclic amines) is 1. The van der Waals surface area contributed by atoms with Crippen LogP contribution < -0.4 is 5.32 Å². The molecular formula is C26H44N2O2. The molecule has 0 unspecified atom stereocenters. The second-order valence-corrected chi connectivity index (χ2v) is 8.78. The predicted octanol–water partition coefficient (Wildman–Crippen LogP) is 4.78. The summed E-state index contributed by atoms with van der Waals surface area (Å²) in [5.74, 6) is 0. The molecule has 1 N–H and O–H groups in total. The normalized spacial score (nSPS) is 18.3. The molecule has 3 rings (SSSR count). The molecule has 0 spiro atoms. The molecule has 0 amide bonds. The maximum atomic E-state index is 8.00. The van der Waals surface area contributed by atoms with E-state index in [0.717, 1.165) is 12.1 Å². The van der Waals surface area contributed by atoms with E-state index in [1.807, 2.05) is 13.6 Å². The van der Waals surface area contributed by atoms with Crippen LogP contribution in [-0.4, -0.2) is 50.7 Å². The molecule has 2 fully saturated rings. The number of terminal acetylenes is 1. The fourth-order valence-electron chi connectivity index (χ4n) is 3.72. The van der Waals surface area contributed by atoms with Crippen LogP contribution in [0.25, 0.3) is 0 Å². The standard InChI is InChI=1S/C11H22N2.C11H16.C2H2.2CH2O/c1-13-8-4-7-11(13)9-12-10-5-2-3-6-10;1-9-5-7-10(8-6-9)11(2,3)4;3*1-2/h10-12H,2-9H2,1H3;5-8H,1-4H3;1-2H;2*1H2/t11-;;;;/m0..../s1. The van der Waals surface area contributed by atoms with Crippen molar-refractivity contribution in [2.24, 2.45) is 0 Å². The van der Waals surface area contributed by atoms with Gasteiger partial charge in [0.25, 0.3) is 0 Å². The highest BCUT2D eigenvalue weighted by atomic mass is 16.1. The molecule has 0 bridgehead atoms. The van der Waals surface area contributed by atoms with E-state index in [-0.39, 0.29) is 5.41 Å². The average molecular weight is 417 g/mol. The lowest BCUT2D eigenvalue weighted by molar-refractivity contribution is -0.0987. The van der Waals surface area contributed by atoms with Crippen LogP contribution in [0.4, 0.5) is 0 Å². The number of hydrogen-bond donors (Lipinski definition) is 1. The maximum Gasteiger partial charge on any atom is 0.106 e. The SMILES string of the molecule is C#C.C=O.C=O.CN1CCC[C@H]1CNC1CCCC1.Cc1ccc(C(C)(C)C)cc1. The van der Waals surface area contributed by atoms with Crippen molar-refractivity contribution in [2.45, 2.75) is 83.7 Å². The predicted molar refractivity (Wildman–Crippen MR) is 130 cm³/mol. The topological polar surface area (TPSA) is 49.4 Å². The van der Waals surface area contributed by atoms with E-state index in [1.165, 1.54) is 62.7 Å². The summed E-state index contributed by atoms with van der Waals surface area (Å²) in [7, 11) is 2.26. The third-order valence-corrected chi connectivity index (χ3v) is 5.59. The summed E-state index contributed by atoms with van der Waals surface area (Å²) in [6, 6.07) is 10.4. The molecule has 4 nitrogen and oxygen atoms in total. The summed E-state index contributed by atoms with van der Waals surface area (Å²) in [5, 5.41) is 3.71. The molecule has 30 heavy (non-hydrogen) atoms. The molecule has 1 saturated carbocycles. The number of nitrogens with zero attached hydrogens (tertiary/aromatic N) is 1. The highest BCUT2D eigenvalue weighted by Gasteiger charge is 2.22. The zero-order chi connectivity index (χ0) is 23.6. The molecule has 1 saturated heterocycles. The lowest BCUT2D eigenvalue weighted by Crippen LogP contribution is -2.39. The highest BCUT2D eigenvalue weighted by Crippen LogP contribution is 2.22. The average Bonchev–Trinajstić information content (AvgIpc) is 3.43. The Morgan fingerprint density at radius 3 is 1.87 bits per heavy atom. The van der Waals surface area contributed by atoms with Crippen molar-refractivity contribution in [3.63, 3.8) is 0 Å². The summed E-state index contributed by atoms with van der Waals surface area (Å²) < 4.78 is 0. The minimum absolute atomic E-state index is 0.285. The Kier molecular flexibility index (Phi) is 18.0. The Morgan fingerprint density at radius 2 is 1.47 bits per heavy atom. The van der Waals surface area contributed by atoms with Crippen LogP contribution in [-0.2, 0) is 15.0 Å². The van der Waals surface area contributed by atoms with Gasteiger partial charge in [-0.1, -0.05) is 63.4 Å². The minimum Gasteiger partial charge on any atom is -0.312 e. The lowest BCUT2D eigenvalue weighted by Gasteiger charge is -2.22. The van der Waals surface area contributed by atoms with Crippen LogP contribution in [0.3, 0.4) is 0 Å². The zero-order valence-electron chi connectivity index (χ0n) is 20.0. The van der Waals surface area contributed by atoms with E-state index in [2.05, 4.69) is 82.1 Å². The van der Waals surface area contributed by atoms with Crippen molar-refractivity contribution in [3.8, 4) is 12.8 Å². The van der Waals surface area contributed by atoms with Gasteiger partial charge in [0, 0.05) is 18.6 Å². The third kappa shape index (κ3) is 12.6. The molecule has 1 aromatic carbocycles.